The highest BCUT2D eigenvalue weighted by molar-refractivity contribution is 5.89. The maximum absolute atomic E-state index is 12.0. The smallest absolute Gasteiger partial charge is 0.409 e. The second kappa shape index (κ2) is 6.03. The van der Waals surface area contributed by atoms with Crippen LogP contribution in [0, 0.1) is 0 Å². The molecule has 0 radical (unpaired) electrons. The summed E-state index contributed by atoms with van der Waals surface area (Å²) in [6.07, 6.45) is 2.88. The summed E-state index contributed by atoms with van der Waals surface area (Å²) < 4.78 is 4.64. The van der Waals surface area contributed by atoms with Crippen LogP contribution in [-0.2, 0) is 4.74 Å². The van der Waals surface area contributed by atoms with Gasteiger partial charge in [-0.25, -0.2) is 9.59 Å². The van der Waals surface area contributed by atoms with Crippen LogP contribution >= 0.6 is 0 Å². The van der Waals surface area contributed by atoms with Gasteiger partial charge in [-0.1, -0.05) is 0 Å². The molecule has 1 N–H and O–H groups in total. The Hall–Kier alpha value is -2.31. The van der Waals surface area contributed by atoms with Crippen LogP contribution in [0.5, 0.6) is 0 Å². The molecule has 1 aromatic rings. The van der Waals surface area contributed by atoms with Gasteiger partial charge in [0.25, 0.3) is 0 Å². The molecule has 0 aromatic carbocycles. The fourth-order valence-corrected chi connectivity index (χ4v) is 1.86. The van der Waals surface area contributed by atoms with E-state index in [2.05, 4.69) is 15.0 Å². The first-order chi connectivity index (χ1) is 9.20. The molecule has 1 aliphatic heterocycles. The average molecular weight is 264 g/mol. The molecule has 0 saturated carbocycles. The summed E-state index contributed by atoms with van der Waals surface area (Å²) in [5, 5.41) is 2.78. The predicted molar refractivity (Wildman–Crippen MR) is 68.8 cm³/mol. The number of piperazine rings is 1. The molecular formula is C12H16N4O3. The minimum absolute atomic E-state index is 0.171. The first-order valence-electron chi connectivity index (χ1n) is 5.99. The van der Waals surface area contributed by atoms with E-state index in [1.165, 1.54) is 7.11 Å². The molecule has 0 spiro atoms. The molecular weight excluding hydrogens is 248 g/mol. The molecule has 1 aliphatic rings. The fourth-order valence-electron chi connectivity index (χ4n) is 1.86. The molecule has 19 heavy (non-hydrogen) atoms. The number of aromatic nitrogens is 1. The largest absolute Gasteiger partial charge is 0.453 e. The van der Waals surface area contributed by atoms with Crippen LogP contribution in [0.4, 0.5) is 15.3 Å². The lowest BCUT2D eigenvalue weighted by molar-refractivity contribution is 0.0992. The molecule has 2 rings (SSSR count). The summed E-state index contributed by atoms with van der Waals surface area (Å²) >= 11 is 0. The van der Waals surface area contributed by atoms with Crippen molar-refractivity contribution in [3.63, 3.8) is 0 Å². The van der Waals surface area contributed by atoms with Crippen LogP contribution in [0.2, 0.25) is 0 Å². The van der Waals surface area contributed by atoms with Crippen molar-refractivity contribution in [2.75, 3.05) is 38.6 Å². The molecule has 3 amide bonds. The zero-order chi connectivity index (χ0) is 13.7. The highest BCUT2D eigenvalue weighted by Gasteiger charge is 2.24. The number of urea groups is 1. The normalized spacial score (nSPS) is 15.0. The third kappa shape index (κ3) is 3.34. The molecule has 7 nitrogen and oxygen atoms in total. The van der Waals surface area contributed by atoms with Gasteiger partial charge in [-0.15, -0.1) is 0 Å². The Bertz CT molecular complexity index is 444. The Morgan fingerprint density at radius 3 is 2.32 bits per heavy atom. The lowest BCUT2D eigenvalue weighted by Crippen LogP contribution is -2.51. The zero-order valence-corrected chi connectivity index (χ0v) is 10.7. The third-order valence-corrected chi connectivity index (χ3v) is 2.93. The van der Waals surface area contributed by atoms with Crippen molar-refractivity contribution < 1.29 is 14.3 Å². The average Bonchev–Trinajstić information content (AvgIpc) is 2.47. The first kappa shape index (κ1) is 13.1. The van der Waals surface area contributed by atoms with Crippen LogP contribution in [0.15, 0.2) is 24.5 Å². The summed E-state index contributed by atoms with van der Waals surface area (Å²) in [4.78, 5) is 30.4. The van der Waals surface area contributed by atoms with Crippen molar-refractivity contribution in [1.29, 1.82) is 0 Å². The Kier molecular flexibility index (Phi) is 4.17. The molecule has 2 heterocycles. The molecule has 0 bridgehead atoms. The quantitative estimate of drug-likeness (QED) is 0.821. The Labute approximate surface area is 111 Å². The number of carbonyl (C=O) groups excluding carboxylic acids is 2. The molecule has 1 aromatic heterocycles. The maximum atomic E-state index is 12.0. The molecule has 7 heteroatoms. The number of amides is 3. The summed E-state index contributed by atoms with van der Waals surface area (Å²) in [5.41, 5.74) is 0.704. The van der Waals surface area contributed by atoms with E-state index in [4.69, 9.17) is 0 Å². The number of nitrogens with zero attached hydrogens (tertiary/aromatic N) is 3. The van der Waals surface area contributed by atoms with E-state index in [1.54, 1.807) is 34.3 Å². The van der Waals surface area contributed by atoms with Crippen LogP contribution in [0.1, 0.15) is 0 Å². The van der Waals surface area contributed by atoms with Gasteiger partial charge < -0.3 is 19.9 Å². The van der Waals surface area contributed by atoms with Gasteiger partial charge in [0.1, 0.15) is 0 Å². The molecule has 1 fully saturated rings. The molecule has 1 saturated heterocycles. The number of rotatable bonds is 1. The number of ether oxygens (including phenoxy) is 1. The van der Waals surface area contributed by atoms with Gasteiger partial charge in [0.05, 0.1) is 7.11 Å². The van der Waals surface area contributed by atoms with Gasteiger partial charge in [0, 0.05) is 44.3 Å². The van der Waals surface area contributed by atoms with Crippen LogP contribution < -0.4 is 5.32 Å². The van der Waals surface area contributed by atoms with E-state index in [0.29, 0.717) is 31.9 Å². The van der Waals surface area contributed by atoms with Gasteiger partial charge in [-0.3, -0.25) is 4.98 Å². The molecule has 0 unspecified atom stereocenters. The SMILES string of the molecule is COC(=O)N1CCN(C(=O)Nc2ccncc2)CC1. The van der Waals surface area contributed by atoms with E-state index in [1.807, 2.05) is 0 Å². The molecule has 0 atom stereocenters. The van der Waals surface area contributed by atoms with Gasteiger partial charge in [0.15, 0.2) is 0 Å². The zero-order valence-electron chi connectivity index (χ0n) is 10.7. The molecule has 102 valence electrons. The lowest BCUT2D eigenvalue weighted by Gasteiger charge is -2.33. The van der Waals surface area contributed by atoms with Crippen LogP contribution in [-0.4, -0.2) is 60.2 Å². The van der Waals surface area contributed by atoms with E-state index in [0.717, 1.165) is 0 Å². The van der Waals surface area contributed by atoms with E-state index in [9.17, 15) is 9.59 Å². The minimum Gasteiger partial charge on any atom is -0.453 e. The van der Waals surface area contributed by atoms with Crippen molar-refractivity contribution in [2.45, 2.75) is 0 Å². The minimum atomic E-state index is -0.353. The maximum Gasteiger partial charge on any atom is 0.409 e. The van der Waals surface area contributed by atoms with Crippen molar-refractivity contribution in [1.82, 2.24) is 14.8 Å². The van der Waals surface area contributed by atoms with Gasteiger partial charge in [0.2, 0.25) is 0 Å². The van der Waals surface area contributed by atoms with E-state index < -0.39 is 0 Å². The number of methoxy groups -OCH3 is 1. The van der Waals surface area contributed by atoms with Gasteiger partial charge in [-0.05, 0) is 12.1 Å². The van der Waals surface area contributed by atoms with Gasteiger partial charge in [-0.2, -0.15) is 0 Å². The highest BCUT2D eigenvalue weighted by Crippen LogP contribution is 2.08. The summed E-state index contributed by atoms with van der Waals surface area (Å²) in [6.45, 7) is 1.95. The Morgan fingerprint density at radius 2 is 1.74 bits per heavy atom. The van der Waals surface area contributed by atoms with Crippen molar-refractivity contribution >= 4 is 17.8 Å². The molecule has 0 aliphatic carbocycles. The number of hydrogen-bond donors (Lipinski definition) is 1. The van der Waals surface area contributed by atoms with Crippen LogP contribution in [0.25, 0.3) is 0 Å². The van der Waals surface area contributed by atoms with Crippen molar-refractivity contribution in [2.24, 2.45) is 0 Å². The van der Waals surface area contributed by atoms with Gasteiger partial charge >= 0.3 is 12.1 Å². The number of carbonyl (C=O) groups is 2. The second-order valence-electron chi connectivity index (χ2n) is 4.11. The number of nitrogens with one attached hydrogen (secondary N) is 1. The number of anilines is 1. The van der Waals surface area contributed by atoms with Crippen molar-refractivity contribution in [3.8, 4) is 0 Å². The second-order valence-corrected chi connectivity index (χ2v) is 4.11. The summed E-state index contributed by atoms with van der Waals surface area (Å²) in [5.74, 6) is 0. The Balaban J connectivity index is 1.84. The topological polar surface area (TPSA) is 74.8 Å². The fraction of sp³-hybridized carbons (Fsp3) is 0.417. The summed E-state index contributed by atoms with van der Waals surface area (Å²) in [6, 6.07) is 3.28. The third-order valence-electron chi connectivity index (χ3n) is 2.93. The Morgan fingerprint density at radius 1 is 1.16 bits per heavy atom. The van der Waals surface area contributed by atoms with E-state index >= 15 is 0 Å². The van der Waals surface area contributed by atoms with E-state index in [-0.39, 0.29) is 12.1 Å². The lowest BCUT2D eigenvalue weighted by atomic mass is 10.3. The summed E-state index contributed by atoms with van der Waals surface area (Å²) in [7, 11) is 1.35. The highest BCUT2D eigenvalue weighted by atomic mass is 16.5. The number of hydrogen-bond acceptors (Lipinski definition) is 4. The monoisotopic (exact) mass is 264 g/mol. The standard InChI is InChI=1S/C12H16N4O3/c1-19-12(18)16-8-6-15(7-9-16)11(17)14-10-2-4-13-5-3-10/h2-5H,6-9H2,1H3,(H,13,14,17). The van der Waals surface area contributed by atoms with Crippen LogP contribution in [0.3, 0.4) is 0 Å². The first-order valence-corrected chi connectivity index (χ1v) is 5.99. The van der Waals surface area contributed by atoms with Crippen molar-refractivity contribution in [3.05, 3.63) is 24.5 Å². The predicted octanol–water partition coefficient (Wildman–Crippen LogP) is 0.997. The number of pyridine rings is 1.